The molecular formula is C22H25N5O3S. The van der Waals surface area contributed by atoms with Gasteiger partial charge < -0.3 is 14.7 Å². The zero-order valence-electron chi connectivity index (χ0n) is 17.4. The summed E-state index contributed by atoms with van der Waals surface area (Å²) in [7, 11) is 0. The summed E-state index contributed by atoms with van der Waals surface area (Å²) in [6.07, 6.45) is 5.98. The number of carbonyl (C=O) groups excluding carboxylic acids is 2. The third-order valence-electron chi connectivity index (χ3n) is 5.35. The van der Waals surface area contributed by atoms with Crippen molar-refractivity contribution in [1.82, 2.24) is 25.3 Å². The number of carbonyl (C=O) groups is 2. The van der Waals surface area contributed by atoms with Crippen molar-refractivity contribution in [2.75, 3.05) is 19.6 Å². The summed E-state index contributed by atoms with van der Waals surface area (Å²) in [6.45, 7) is 3.52. The lowest BCUT2D eigenvalue weighted by Gasteiger charge is -2.22. The van der Waals surface area contributed by atoms with Crippen LogP contribution in [0.2, 0.25) is 0 Å². The van der Waals surface area contributed by atoms with E-state index in [1.165, 1.54) is 11.3 Å². The third-order valence-corrected chi connectivity index (χ3v) is 6.34. The molecule has 0 spiro atoms. The van der Waals surface area contributed by atoms with Crippen molar-refractivity contribution in [1.29, 1.82) is 0 Å². The molecule has 0 aromatic carbocycles. The van der Waals surface area contributed by atoms with Crippen molar-refractivity contribution >= 4 is 23.2 Å². The van der Waals surface area contributed by atoms with E-state index in [1.54, 1.807) is 17.3 Å². The molecule has 4 heterocycles. The van der Waals surface area contributed by atoms with Crippen LogP contribution < -0.4 is 5.32 Å². The van der Waals surface area contributed by atoms with Gasteiger partial charge in [-0.1, -0.05) is 5.16 Å². The fourth-order valence-electron chi connectivity index (χ4n) is 3.66. The van der Waals surface area contributed by atoms with E-state index < -0.39 is 0 Å². The zero-order valence-corrected chi connectivity index (χ0v) is 18.2. The second kappa shape index (κ2) is 9.82. The maximum atomic E-state index is 12.9. The SMILES string of the molecule is Cc1ccc(C(=O)N2CCCC(c3nc(-c4cccnc4)no3)CCNC(=O)CC2)s1. The van der Waals surface area contributed by atoms with Crippen LogP contribution >= 0.6 is 11.3 Å². The van der Waals surface area contributed by atoms with Gasteiger partial charge in [0.2, 0.25) is 17.6 Å². The molecule has 31 heavy (non-hydrogen) atoms. The van der Waals surface area contributed by atoms with Crippen LogP contribution in [0.15, 0.2) is 41.2 Å². The molecule has 0 aliphatic carbocycles. The van der Waals surface area contributed by atoms with E-state index in [0.29, 0.717) is 49.1 Å². The Morgan fingerprint density at radius 1 is 1.26 bits per heavy atom. The Morgan fingerprint density at radius 2 is 2.16 bits per heavy atom. The molecule has 1 saturated heterocycles. The molecule has 1 fully saturated rings. The van der Waals surface area contributed by atoms with Crippen LogP contribution in [0.5, 0.6) is 0 Å². The quantitative estimate of drug-likeness (QED) is 0.671. The fourth-order valence-corrected chi connectivity index (χ4v) is 4.50. The average molecular weight is 440 g/mol. The van der Waals surface area contributed by atoms with E-state index in [0.717, 1.165) is 23.3 Å². The molecule has 4 rings (SSSR count). The molecule has 1 aliphatic rings. The molecule has 0 saturated carbocycles. The number of nitrogens with one attached hydrogen (secondary N) is 1. The summed E-state index contributed by atoms with van der Waals surface area (Å²) in [5.74, 6) is 1.00. The topological polar surface area (TPSA) is 101 Å². The lowest BCUT2D eigenvalue weighted by atomic mass is 9.99. The first-order chi connectivity index (χ1) is 15.1. The van der Waals surface area contributed by atoms with Crippen LogP contribution in [0.25, 0.3) is 11.4 Å². The Kier molecular flexibility index (Phi) is 6.71. The first-order valence-corrected chi connectivity index (χ1v) is 11.3. The van der Waals surface area contributed by atoms with E-state index in [4.69, 9.17) is 4.52 Å². The fraction of sp³-hybridized carbons (Fsp3) is 0.409. The van der Waals surface area contributed by atoms with Gasteiger partial charge in [0, 0.05) is 54.8 Å². The summed E-state index contributed by atoms with van der Waals surface area (Å²) in [5.41, 5.74) is 0.797. The molecule has 0 bridgehead atoms. The number of thiophene rings is 1. The van der Waals surface area contributed by atoms with Gasteiger partial charge in [-0.15, -0.1) is 11.3 Å². The number of hydrogen-bond acceptors (Lipinski definition) is 7. The van der Waals surface area contributed by atoms with Crippen molar-refractivity contribution < 1.29 is 14.1 Å². The summed E-state index contributed by atoms with van der Waals surface area (Å²) >= 11 is 1.48. The molecule has 162 valence electrons. The highest BCUT2D eigenvalue weighted by atomic mass is 32.1. The molecule has 9 heteroatoms. The molecule has 1 N–H and O–H groups in total. The molecule has 1 aliphatic heterocycles. The number of aryl methyl sites for hydroxylation is 1. The van der Waals surface area contributed by atoms with E-state index >= 15 is 0 Å². The Labute approximate surface area is 184 Å². The zero-order chi connectivity index (χ0) is 21.6. The molecule has 1 unspecified atom stereocenters. The van der Waals surface area contributed by atoms with Gasteiger partial charge in [0.25, 0.3) is 5.91 Å². The van der Waals surface area contributed by atoms with Crippen molar-refractivity contribution in [3.8, 4) is 11.4 Å². The predicted molar refractivity (Wildman–Crippen MR) is 117 cm³/mol. The van der Waals surface area contributed by atoms with Crippen LogP contribution in [0.1, 0.15) is 52.0 Å². The van der Waals surface area contributed by atoms with Gasteiger partial charge in [0.05, 0.1) is 4.88 Å². The van der Waals surface area contributed by atoms with E-state index in [2.05, 4.69) is 20.4 Å². The molecule has 1 atom stereocenters. The van der Waals surface area contributed by atoms with E-state index in [9.17, 15) is 9.59 Å². The van der Waals surface area contributed by atoms with Crippen LogP contribution in [0.4, 0.5) is 0 Å². The smallest absolute Gasteiger partial charge is 0.263 e. The molecule has 2 amide bonds. The number of nitrogens with zero attached hydrogens (tertiary/aromatic N) is 4. The minimum atomic E-state index is -0.0533. The monoisotopic (exact) mass is 439 g/mol. The van der Waals surface area contributed by atoms with Crippen molar-refractivity contribution in [3.05, 3.63) is 52.3 Å². The van der Waals surface area contributed by atoms with E-state index in [1.807, 2.05) is 31.2 Å². The van der Waals surface area contributed by atoms with Gasteiger partial charge >= 0.3 is 0 Å². The Hall–Kier alpha value is -3.07. The third kappa shape index (κ3) is 5.35. The highest BCUT2D eigenvalue weighted by Crippen LogP contribution is 2.26. The molecule has 0 radical (unpaired) electrons. The van der Waals surface area contributed by atoms with Crippen molar-refractivity contribution in [2.45, 2.75) is 38.5 Å². The summed E-state index contributed by atoms with van der Waals surface area (Å²) in [4.78, 5) is 37.4. The lowest BCUT2D eigenvalue weighted by molar-refractivity contribution is -0.121. The minimum absolute atomic E-state index is 0.0113. The van der Waals surface area contributed by atoms with E-state index in [-0.39, 0.29) is 17.7 Å². The highest BCUT2D eigenvalue weighted by molar-refractivity contribution is 7.13. The van der Waals surface area contributed by atoms with Gasteiger partial charge in [-0.3, -0.25) is 14.6 Å². The average Bonchev–Trinajstić information content (AvgIpc) is 3.43. The van der Waals surface area contributed by atoms with Gasteiger partial charge in [-0.05, 0) is 50.5 Å². The largest absolute Gasteiger partial charge is 0.356 e. The maximum absolute atomic E-state index is 12.9. The normalized spacial score (nSPS) is 18.3. The second-order valence-electron chi connectivity index (χ2n) is 7.63. The van der Waals surface area contributed by atoms with Gasteiger partial charge in [-0.25, -0.2) is 0 Å². The summed E-state index contributed by atoms with van der Waals surface area (Å²) < 4.78 is 5.55. The predicted octanol–water partition coefficient (Wildman–Crippen LogP) is 3.42. The highest BCUT2D eigenvalue weighted by Gasteiger charge is 2.23. The number of amides is 2. The van der Waals surface area contributed by atoms with Crippen molar-refractivity contribution in [2.24, 2.45) is 0 Å². The van der Waals surface area contributed by atoms with Crippen LogP contribution in [0, 0.1) is 6.92 Å². The lowest BCUT2D eigenvalue weighted by Crippen LogP contribution is -2.35. The Bertz CT molecular complexity index is 1030. The number of pyridine rings is 1. The maximum Gasteiger partial charge on any atom is 0.263 e. The van der Waals surface area contributed by atoms with Crippen molar-refractivity contribution in [3.63, 3.8) is 0 Å². The van der Waals surface area contributed by atoms with Crippen LogP contribution in [-0.2, 0) is 4.79 Å². The van der Waals surface area contributed by atoms with Gasteiger partial charge in [0.1, 0.15) is 0 Å². The molecule has 3 aromatic rings. The summed E-state index contributed by atoms with van der Waals surface area (Å²) in [6, 6.07) is 7.51. The first kappa shape index (κ1) is 21.2. The van der Waals surface area contributed by atoms with Gasteiger partial charge in [0.15, 0.2) is 0 Å². The number of aromatic nitrogens is 3. The first-order valence-electron chi connectivity index (χ1n) is 10.5. The second-order valence-corrected chi connectivity index (χ2v) is 8.92. The van der Waals surface area contributed by atoms with Crippen LogP contribution in [0.3, 0.4) is 0 Å². The van der Waals surface area contributed by atoms with Crippen LogP contribution in [-0.4, -0.2) is 51.5 Å². The Balaban J connectivity index is 1.47. The molecule has 3 aromatic heterocycles. The van der Waals surface area contributed by atoms with Gasteiger partial charge in [-0.2, -0.15) is 4.98 Å². The minimum Gasteiger partial charge on any atom is -0.356 e. The molecule has 8 nitrogen and oxygen atoms in total. The Morgan fingerprint density at radius 3 is 2.94 bits per heavy atom. The summed E-state index contributed by atoms with van der Waals surface area (Å²) in [5, 5.41) is 7.05. The standard InChI is InChI=1S/C22H25N5O3S/c1-15-6-7-18(31-15)22(29)27-12-3-5-16(8-11-24-19(28)9-13-27)21-25-20(26-30-21)17-4-2-10-23-14-17/h2,4,6-7,10,14,16H,3,5,8-9,11-13H2,1H3,(H,24,28). The molecular weight excluding hydrogens is 414 g/mol. The number of hydrogen-bond donors (Lipinski definition) is 1. The number of rotatable bonds is 3.